The van der Waals surface area contributed by atoms with E-state index >= 15 is 0 Å². The van der Waals surface area contributed by atoms with E-state index in [1.54, 1.807) is 11.3 Å². The van der Waals surface area contributed by atoms with Gasteiger partial charge in [-0.1, -0.05) is 35.7 Å². The highest BCUT2D eigenvalue weighted by Gasteiger charge is 2.09. The van der Waals surface area contributed by atoms with Crippen LogP contribution in [-0.2, 0) is 0 Å². The lowest BCUT2D eigenvalue weighted by Crippen LogP contribution is -2.13. The second kappa shape index (κ2) is 4.77. The number of hydrogen-bond acceptors (Lipinski definition) is 5. The number of thiocarbonyl (C=S) groups is 1. The van der Waals surface area contributed by atoms with Crippen molar-refractivity contribution in [2.75, 3.05) is 11.9 Å². The van der Waals surface area contributed by atoms with Gasteiger partial charge in [-0.3, -0.25) is 0 Å². The molecule has 2 rings (SSSR count). The summed E-state index contributed by atoms with van der Waals surface area (Å²) in [5.74, 6) is 0. The maximum atomic E-state index is 5.61. The van der Waals surface area contributed by atoms with Crippen molar-refractivity contribution in [1.82, 2.24) is 10.2 Å². The van der Waals surface area contributed by atoms with Gasteiger partial charge in [0.2, 0.25) is 5.13 Å². The average Bonchev–Trinajstić information content (AvgIpc) is 2.75. The Morgan fingerprint density at radius 1 is 1.41 bits per heavy atom. The zero-order valence-electron chi connectivity index (χ0n) is 9.54. The summed E-state index contributed by atoms with van der Waals surface area (Å²) in [6.45, 7) is 1.93. The molecular weight excluding hydrogens is 252 g/mol. The molecule has 17 heavy (non-hydrogen) atoms. The normalized spacial score (nSPS) is 10.2. The SMILES string of the molecule is Cc1nnc(N(C)c2cccc(C(N)=S)c2)s1. The molecule has 6 heteroatoms. The van der Waals surface area contributed by atoms with Crippen molar-refractivity contribution in [2.45, 2.75) is 6.92 Å². The van der Waals surface area contributed by atoms with Crippen molar-refractivity contribution >= 4 is 39.4 Å². The Morgan fingerprint density at radius 3 is 2.76 bits per heavy atom. The third kappa shape index (κ3) is 2.59. The molecule has 0 aliphatic carbocycles. The summed E-state index contributed by atoms with van der Waals surface area (Å²) in [4.78, 5) is 2.36. The second-order valence-corrected chi connectivity index (χ2v) is 5.18. The van der Waals surface area contributed by atoms with Gasteiger partial charge in [-0.2, -0.15) is 0 Å². The van der Waals surface area contributed by atoms with Crippen LogP contribution in [0.5, 0.6) is 0 Å². The molecule has 0 atom stereocenters. The van der Waals surface area contributed by atoms with Crippen LogP contribution in [0.25, 0.3) is 0 Å². The van der Waals surface area contributed by atoms with Gasteiger partial charge in [0.1, 0.15) is 10.00 Å². The summed E-state index contributed by atoms with van der Waals surface area (Å²) in [5.41, 5.74) is 7.46. The predicted molar refractivity (Wildman–Crippen MR) is 75.0 cm³/mol. The summed E-state index contributed by atoms with van der Waals surface area (Å²) in [6, 6.07) is 7.75. The van der Waals surface area contributed by atoms with Gasteiger partial charge in [-0.15, -0.1) is 10.2 Å². The van der Waals surface area contributed by atoms with Crippen LogP contribution < -0.4 is 10.6 Å². The average molecular weight is 264 g/mol. The smallest absolute Gasteiger partial charge is 0.212 e. The largest absolute Gasteiger partial charge is 0.389 e. The van der Waals surface area contributed by atoms with Gasteiger partial charge in [-0.25, -0.2) is 0 Å². The lowest BCUT2D eigenvalue weighted by Gasteiger charge is -2.15. The van der Waals surface area contributed by atoms with Crippen LogP contribution in [0.4, 0.5) is 10.8 Å². The first-order valence-corrected chi connectivity index (χ1v) is 6.24. The highest BCUT2D eigenvalue weighted by Crippen LogP contribution is 2.26. The van der Waals surface area contributed by atoms with E-state index in [0.29, 0.717) is 4.99 Å². The molecular formula is C11H12N4S2. The molecule has 1 aromatic heterocycles. The summed E-state index contributed by atoms with van der Waals surface area (Å²) < 4.78 is 0. The molecule has 1 aromatic carbocycles. The molecule has 0 aliphatic heterocycles. The van der Waals surface area contributed by atoms with Crippen molar-refractivity contribution in [3.8, 4) is 0 Å². The van der Waals surface area contributed by atoms with Crippen molar-refractivity contribution in [1.29, 1.82) is 0 Å². The van der Waals surface area contributed by atoms with Gasteiger partial charge in [0.15, 0.2) is 0 Å². The third-order valence-corrected chi connectivity index (χ3v) is 3.47. The van der Waals surface area contributed by atoms with Crippen molar-refractivity contribution in [3.05, 3.63) is 34.8 Å². The van der Waals surface area contributed by atoms with Crippen molar-refractivity contribution in [3.63, 3.8) is 0 Å². The minimum Gasteiger partial charge on any atom is -0.389 e. The Balaban J connectivity index is 2.33. The van der Waals surface area contributed by atoms with Crippen molar-refractivity contribution in [2.24, 2.45) is 5.73 Å². The molecule has 2 N–H and O–H groups in total. The molecule has 0 saturated carbocycles. The predicted octanol–water partition coefficient (Wildman–Crippen LogP) is 2.25. The Bertz CT molecular complexity index is 550. The first kappa shape index (κ1) is 11.9. The van der Waals surface area contributed by atoms with Crippen LogP contribution in [-0.4, -0.2) is 22.2 Å². The maximum absolute atomic E-state index is 5.61. The quantitative estimate of drug-likeness (QED) is 0.862. The molecule has 0 aliphatic rings. The number of benzene rings is 1. The van der Waals surface area contributed by atoms with Gasteiger partial charge in [0, 0.05) is 18.3 Å². The molecule has 0 bridgehead atoms. The van der Waals surface area contributed by atoms with Crippen molar-refractivity contribution < 1.29 is 0 Å². The topological polar surface area (TPSA) is 55.0 Å². The third-order valence-electron chi connectivity index (χ3n) is 2.32. The minimum atomic E-state index is 0.397. The number of hydrogen-bond donors (Lipinski definition) is 1. The maximum Gasteiger partial charge on any atom is 0.212 e. The van der Waals surface area contributed by atoms with E-state index in [2.05, 4.69) is 10.2 Å². The van der Waals surface area contributed by atoms with Gasteiger partial charge in [-0.05, 0) is 19.1 Å². The van der Waals surface area contributed by atoms with Crippen LogP contribution in [0.2, 0.25) is 0 Å². The molecule has 0 unspecified atom stereocenters. The van der Waals surface area contributed by atoms with E-state index in [0.717, 1.165) is 21.4 Å². The Hall–Kier alpha value is -1.53. The van der Waals surface area contributed by atoms with E-state index < -0.39 is 0 Å². The lowest BCUT2D eigenvalue weighted by molar-refractivity contribution is 1.02. The molecule has 1 heterocycles. The van der Waals surface area contributed by atoms with E-state index in [1.165, 1.54) is 0 Å². The highest BCUT2D eigenvalue weighted by atomic mass is 32.1. The monoisotopic (exact) mass is 264 g/mol. The molecule has 0 fully saturated rings. The van der Waals surface area contributed by atoms with Gasteiger partial charge in [0.25, 0.3) is 0 Å². The van der Waals surface area contributed by atoms with Crippen LogP contribution in [0.3, 0.4) is 0 Å². The van der Waals surface area contributed by atoms with E-state index in [9.17, 15) is 0 Å². The van der Waals surface area contributed by atoms with Gasteiger partial charge < -0.3 is 10.6 Å². The fourth-order valence-corrected chi connectivity index (χ4v) is 2.20. The first-order chi connectivity index (χ1) is 8.08. The lowest BCUT2D eigenvalue weighted by atomic mass is 10.2. The van der Waals surface area contributed by atoms with Crippen LogP contribution in [0.1, 0.15) is 10.6 Å². The van der Waals surface area contributed by atoms with E-state index in [1.807, 2.05) is 43.1 Å². The highest BCUT2D eigenvalue weighted by molar-refractivity contribution is 7.80. The second-order valence-electron chi connectivity index (χ2n) is 3.58. The summed E-state index contributed by atoms with van der Waals surface area (Å²) in [7, 11) is 1.94. The Kier molecular flexibility index (Phi) is 3.35. The van der Waals surface area contributed by atoms with E-state index in [4.69, 9.17) is 18.0 Å². The zero-order chi connectivity index (χ0) is 12.4. The molecule has 2 aromatic rings. The molecule has 0 saturated heterocycles. The minimum absolute atomic E-state index is 0.397. The molecule has 0 spiro atoms. The number of nitrogens with zero attached hydrogens (tertiary/aromatic N) is 3. The number of aryl methyl sites for hydroxylation is 1. The van der Waals surface area contributed by atoms with Crippen LogP contribution in [0, 0.1) is 6.92 Å². The first-order valence-electron chi connectivity index (χ1n) is 5.01. The molecule has 88 valence electrons. The summed E-state index contributed by atoms with van der Waals surface area (Å²) in [5, 5.41) is 9.89. The Labute approximate surface area is 109 Å². The zero-order valence-corrected chi connectivity index (χ0v) is 11.2. The summed E-state index contributed by atoms with van der Waals surface area (Å²) in [6.07, 6.45) is 0. The fourth-order valence-electron chi connectivity index (χ4n) is 1.40. The molecule has 0 radical (unpaired) electrons. The van der Waals surface area contributed by atoms with Crippen LogP contribution >= 0.6 is 23.6 Å². The molecule has 4 nitrogen and oxygen atoms in total. The van der Waals surface area contributed by atoms with E-state index in [-0.39, 0.29) is 0 Å². The molecule has 0 amide bonds. The van der Waals surface area contributed by atoms with Crippen LogP contribution in [0.15, 0.2) is 24.3 Å². The van der Waals surface area contributed by atoms with Gasteiger partial charge in [0.05, 0.1) is 0 Å². The Morgan fingerprint density at radius 2 is 2.18 bits per heavy atom. The number of anilines is 2. The number of nitrogens with two attached hydrogens (primary N) is 1. The standard InChI is InChI=1S/C11H12N4S2/c1-7-13-14-11(17-7)15(2)9-5-3-4-8(6-9)10(12)16/h3-6H,1-2H3,(H2,12,16). The number of aromatic nitrogens is 2. The fraction of sp³-hybridized carbons (Fsp3) is 0.182. The summed E-state index contributed by atoms with van der Waals surface area (Å²) >= 11 is 6.51. The number of rotatable bonds is 3. The van der Waals surface area contributed by atoms with Gasteiger partial charge >= 0.3 is 0 Å².